The van der Waals surface area contributed by atoms with E-state index in [4.69, 9.17) is 0 Å². The fraction of sp³-hybridized carbons (Fsp3) is 0.500. The largest absolute Gasteiger partial charge is 0.317 e. The third-order valence-electron chi connectivity index (χ3n) is 5.60. The first-order valence-corrected chi connectivity index (χ1v) is 9.83. The molecule has 0 aliphatic carbocycles. The second-order valence-electron chi connectivity index (χ2n) is 7.52. The molecule has 2 N–H and O–H groups in total. The van der Waals surface area contributed by atoms with E-state index in [1.165, 1.54) is 0 Å². The number of nitrogens with one attached hydrogen (secondary N) is 2. The predicted molar refractivity (Wildman–Crippen MR) is 100 cm³/mol. The van der Waals surface area contributed by atoms with E-state index in [1.54, 1.807) is 12.1 Å². The smallest absolute Gasteiger partial charge is 0.262 e. The van der Waals surface area contributed by atoms with Crippen LogP contribution in [0.25, 0.3) is 0 Å². The first-order chi connectivity index (χ1) is 13.6. The molecule has 148 valence electrons. The number of carbonyl (C=O) groups is 4. The van der Waals surface area contributed by atoms with Gasteiger partial charge in [-0.3, -0.25) is 34.3 Å². The lowest BCUT2D eigenvalue weighted by Gasteiger charge is -2.28. The second-order valence-corrected chi connectivity index (χ2v) is 7.52. The molecule has 0 saturated carbocycles. The molecule has 28 heavy (non-hydrogen) atoms. The first kappa shape index (κ1) is 18.8. The van der Waals surface area contributed by atoms with Crippen LogP contribution in [-0.4, -0.2) is 65.6 Å². The molecule has 0 radical (unpaired) electrons. The number of hydrogen-bond donors (Lipinski definition) is 2. The van der Waals surface area contributed by atoms with Crippen LogP contribution < -0.4 is 10.6 Å². The van der Waals surface area contributed by atoms with E-state index >= 15 is 0 Å². The first-order valence-electron chi connectivity index (χ1n) is 9.83. The van der Waals surface area contributed by atoms with Gasteiger partial charge < -0.3 is 5.32 Å². The molecular weight excluding hydrogens is 360 g/mol. The molecule has 8 nitrogen and oxygen atoms in total. The molecule has 1 aromatic carbocycles. The van der Waals surface area contributed by atoms with E-state index in [0.29, 0.717) is 17.7 Å². The summed E-state index contributed by atoms with van der Waals surface area (Å²) in [5.74, 6) is -1.83. The van der Waals surface area contributed by atoms with Gasteiger partial charge in [0.05, 0.1) is 11.1 Å². The van der Waals surface area contributed by atoms with E-state index in [2.05, 4.69) is 15.5 Å². The average molecular weight is 384 g/mol. The van der Waals surface area contributed by atoms with Crippen molar-refractivity contribution in [3.63, 3.8) is 0 Å². The van der Waals surface area contributed by atoms with Crippen molar-refractivity contribution in [1.29, 1.82) is 0 Å². The van der Waals surface area contributed by atoms with Gasteiger partial charge in [0.1, 0.15) is 6.04 Å². The van der Waals surface area contributed by atoms with Crippen LogP contribution in [0.1, 0.15) is 52.0 Å². The molecule has 2 fully saturated rings. The molecule has 2 saturated heterocycles. The van der Waals surface area contributed by atoms with E-state index < -0.39 is 23.8 Å². The summed E-state index contributed by atoms with van der Waals surface area (Å²) in [5, 5.41) is 5.61. The normalized spacial score (nSPS) is 24.0. The monoisotopic (exact) mass is 384 g/mol. The quantitative estimate of drug-likeness (QED) is 0.726. The van der Waals surface area contributed by atoms with Gasteiger partial charge in [-0.15, -0.1) is 0 Å². The van der Waals surface area contributed by atoms with Crippen LogP contribution in [0.2, 0.25) is 0 Å². The summed E-state index contributed by atoms with van der Waals surface area (Å²) in [6.45, 7) is 4.41. The topological polar surface area (TPSA) is 98.8 Å². The Labute approximate surface area is 163 Å². The fourth-order valence-electron chi connectivity index (χ4n) is 4.21. The summed E-state index contributed by atoms with van der Waals surface area (Å²) in [4.78, 5) is 53.0. The van der Waals surface area contributed by atoms with Crippen molar-refractivity contribution in [2.75, 3.05) is 26.2 Å². The van der Waals surface area contributed by atoms with E-state index in [1.807, 2.05) is 6.07 Å². The van der Waals surface area contributed by atoms with Crippen molar-refractivity contribution < 1.29 is 19.2 Å². The summed E-state index contributed by atoms with van der Waals surface area (Å²) in [6.07, 6.45) is 2.36. The molecule has 4 amide bonds. The molecule has 1 aromatic rings. The highest BCUT2D eigenvalue weighted by molar-refractivity contribution is 6.24. The van der Waals surface area contributed by atoms with Crippen molar-refractivity contribution in [1.82, 2.24) is 20.4 Å². The van der Waals surface area contributed by atoms with E-state index in [9.17, 15) is 19.2 Å². The predicted octanol–water partition coefficient (Wildman–Crippen LogP) is 0.273. The molecule has 3 heterocycles. The van der Waals surface area contributed by atoms with Crippen molar-refractivity contribution in [3.05, 3.63) is 34.9 Å². The molecule has 3 aliphatic heterocycles. The number of amides is 4. The number of carbonyl (C=O) groups excluding carboxylic acids is 4. The molecular formula is C20H24N4O4. The minimum absolute atomic E-state index is 0.123. The molecule has 0 aromatic heterocycles. The van der Waals surface area contributed by atoms with Gasteiger partial charge in [0.15, 0.2) is 0 Å². The lowest BCUT2D eigenvalue weighted by atomic mass is 10.0. The summed E-state index contributed by atoms with van der Waals surface area (Å²) in [7, 11) is 0. The van der Waals surface area contributed by atoms with Gasteiger partial charge in [0.2, 0.25) is 11.8 Å². The Kier molecular flexibility index (Phi) is 5.23. The Morgan fingerprint density at radius 1 is 1.00 bits per heavy atom. The van der Waals surface area contributed by atoms with Crippen LogP contribution in [0.4, 0.5) is 0 Å². The van der Waals surface area contributed by atoms with Gasteiger partial charge in [-0.25, -0.2) is 0 Å². The number of fused-ring (bicyclic) bond motifs is 1. The van der Waals surface area contributed by atoms with Crippen LogP contribution in [-0.2, 0) is 16.1 Å². The Hall–Kier alpha value is -2.58. The van der Waals surface area contributed by atoms with Gasteiger partial charge in [0, 0.05) is 13.0 Å². The fourth-order valence-corrected chi connectivity index (χ4v) is 4.21. The van der Waals surface area contributed by atoms with Gasteiger partial charge in [0.25, 0.3) is 11.8 Å². The van der Waals surface area contributed by atoms with E-state index in [-0.39, 0.29) is 18.7 Å². The van der Waals surface area contributed by atoms with Gasteiger partial charge >= 0.3 is 0 Å². The lowest BCUT2D eigenvalue weighted by molar-refractivity contribution is -0.136. The highest BCUT2D eigenvalue weighted by Gasteiger charge is 2.45. The Morgan fingerprint density at radius 3 is 2.46 bits per heavy atom. The van der Waals surface area contributed by atoms with E-state index in [0.717, 1.165) is 49.5 Å². The summed E-state index contributed by atoms with van der Waals surface area (Å²) < 4.78 is 0. The maximum Gasteiger partial charge on any atom is 0.262 e. The van der Waals surface area contributed by atoms with Crippen LogP contribution in [0.5, 0.6) is 0 Å². The zero-order chi connectivity index (χ0) is 19.7. The minimum atomic E-state index is -0.925. The summed E-state index contributed by atoms with van der Waals surface area (Å²) >= 11 is 0. The second kappa shape index (κ2) is 7.81. The molecule has 0 bridgehead atoms. The third-order valence-corrected chi connectivity index (χ3v) is 5.60. The van der Waals surface area contributed by atoms with Crippen molar-refractivity contribution in [2.45, 2.75) is 38.3 Å². The molecule has 4 rings (SSSR count). The zero-order valence-electron chi connectivity index (χ0n) is 15.7. The van der Waals surface area contributed by atoms with Crippen molar-refractivity contribution in [2.24, 2.45) is 0 Å². The number of benzene rings is 1. The maximum atomic E-state index is 13.1. The third kappa shape index (κ3) is 3.45. The SMILES string of the molecule is O=C1CCC(N2C(=O)c3cccc(CN4CCCNCCC4)c3C2=O)C(=O)N1. The number of piperidine rings is 1. The van der Waals surface area contributed by atoms with Gasteiger partial charge in [-0.2, -0.15) is 0 Å². The van der Waals surface area contributed by atoms with Crippen molar-refractivity contribution in [3.8, 4) is 0 Å². The summed E-state index contributed by atoms with van der Waals surface area (Å²) in [6, 6.07) is 4.39. The Morgan fingerprint density at radius 2 is 1.75 bits per heavy atom. The van der Waals surface area contributed by atoms with Crippen LogP contribution >= 0.6 is 0 Å². The highest BCUT2D eigenvalue weighted by atomic mass is 16.2. The number of hydrogen-bond acceptors (Lipinski definition) is 6. The minimum Gasteiger partial charge on any atom is -0.317 e. The summed E-state index contributed by atoms with van der Waals surface area (Å²) in [5.41, 5.74) is 1.57. The molecule has 3 aliphatic rings. The number of imide groups is 2. The molecule has 1 atom stereocenters. The van der Waals surface area contributed by atoms with Gasteiger partial charge in [-0.1, -0.05) is 12.1 Å². The highest BCUT2D eigenvalue weighted by Crippen LogP contribution is 2.30. The number of nitrogens with zero attached hydrogens (tertiary/aromatic N) is 2. The van der Waals surface area contributed by atoms with Gasteiger partial charge in [-0.05, 0) is 57.1 Å². The molecule has 1 unspecified atom stereocenters. The zero-order valence-corrected chi connectivity index (χ0v) is 15.7. The molecule has 0 spiro atoms. The standard InChI is InChI=1S/C20H24N4O4/c25-16-7-6-15(18(26)22-16)24-19(27)14-5-1-4-13(17(14)20(24)28)12-23-10-2-8-21-9-3-11-23/h1,4-5,15,21H,2-3,6-12H2,(H,22,25,26). The van der Waals surface area contributed by atoms with Crippen LogP contribution in [0, 0.1) is 0 Å². The van der Waals surface area contributed by atoms with Crippen LogP contribution in [0.15, 0.2) is 18.2 Å². The lowest BCUT2D eigenvalue weighted by Crippen LogP contribution is -2.54. The maximum absolute atomic E-state index is 13.1. The number of rotatable bonds is 3. The molecule has 8 heteroatoms. The van der Waals surface area contributed by atoms with Crippen LogP contribution in [0.3, 0.4) is 0 Å². The van der Waals surface area contributed by atoms with Crippen molar-refractivity contribution >= 4 is 23.6 Å². The Balaban J connectivity index is 1.59. The Bertz CT molecular complexity index is 829. The average Bonchev–Trinajstić information content (AvgIpc) is 2.89.